The van der Waals surface area contributed by atoms with E-state index >= 15 is 0 Å². The highest BCUT2D eigenvalue weighted by Gasteiger charge is 2.34. The van der Waals surface area contributed by atoms with Crippen LogP contribution in [0.4, 0.5) is 0 Å². The van der Waals surface area contributed by atoms with Gasteiger partial charge in [0.25, 0.3) is 0 Å². The summed E-state index contributed by atoms with van der Waals surface area (Å²) in [6.45, 7) is 6.10. The molecule has 1 aliphatic heterocycles. The maximum absolute atomic E-state index is 13.2. The van der Waals surface area contributed by atoms with Gasteiger partial charge in [-0.25, -0.2) is 13.2 Å². The predicted molar refractivity (Wildman–Crippen MR) is 96.4 cm³/mol. The summed E-state index contributed by atoms with van der Waals surface area (Å²) in [6, 6.07) is 5.39. The average Bonchev–Trinajstić information content (AvgIpc) is 2.93. The van der Waals surface area contributed by atoms with Crippen molar-refractivity contribution in [2.45, 2.75) is 38.6 Å². The highest BCUT2D eigenvalue weighted by atomic mass is 32.2. The second-order valence-electron chi connectivity index (χ2n) is 6.48. The molecule has 26 heavy (non-hydrogen) atoms. The minimum absolute atomic E-state index is 0.118. The number of ether oxygens (including phenoxy) is 1. The van der Waals surface area contributed by atoms with Gasteiger partial charge in [-0.3, -0.25) is 4.68 Å². The molecule has 0 N–H and O–H groups in total. The number of esters is 1. The SMILES string of the molecule is CCOC(=O)c1nn(C)c2c1CN(S(=O)(=O)c1cc(C)ccc1C)CC2. The molecule has 1 aliphatic rings. The van der Waals surface area contributed by atoms with Crippen LogP contribution in [0.15, 0.2) is 23.1 Å². The summed E-state index contributed by atoms with van der Waals surface area (Å²) in [5.74, 6) is -0.518. The van der Waals surface area contributed by atoms with Crippen molar-refractivity contribution < 1.29 is 17.9 Å². The number of carbonyl (C=O) groups is 1. The van der Waals surface area contributed by atoms with Crippen LogP contribution < -0.4 is 0 Å². The molecule has 1 aromatic heterocycles. The fourth-order valence-corrected chi connectivity index (χ4v) is 4.98. The van der Waals surface area contributed by atoms with E-state index in [0.717, 1.165) is 11.3 Å². The maximum Gasteiger partial charge on any atom is 0.359 e. The first kappa shape index (κ1) is 18.6. The standard InChI is InChI=1S/C18H23N3O4S/c1-5-25-18(22)17-14-11-21(9-8-15(14)20(4)19-17)26(23,24)16-10-12(2)6-7-13(16)3/h6-7,10H,5,8-9,11H2,1-4H3. The molecule has 7 nitrogen and oxygen atoms in total. The molecule has 0 aliphatic carbocycles. The Bertz CT molecular complexity index is 963. The lowest BCUT2D eigenvalue weighted by Gasteiger charge is -2.27. The molecule has 8 heteroatoms. The van der Waals surface area contributed by atoms with Gasteiger partial charge in [-0.2, -0.15) is 9.40 Å². The molecular formula is C18H23N3O4S. The summed E-state index contributed by atoms with van der Waals surface area (Å²) in [5.41, 5.74) is 3.30. The Hall–Kier alpha value is -2.19. The van der Waals surface area contributed by atoms with Gasteiger partial charge in [0, 0.05) is 37.8 Å². The van der Waals surface area contributed by atoms with Gasteiger partial charge in [-0.05, 0) is 38.0 Å². The van der Waals surface area contributed by atoms with Crippen molar-refractivity contribution >= 4 is 16.0 Å². The van der Waals surface area contributed by atoms with Crippen LogP contribution in [0.1, 0.15) is 39.8 Å². The van der Waals surface area contributed by atoms with E-state index in [1.807, 2.05) is 19.1 Å². The number of aryl methyl sites for hydroxylation is 3. The highest BCUT2D eigenvalue weighted by molar-refractivity contribution is 7.89. The van der Waals surface area contributed by atoms with Gasteiger partial charge in [0.1, 0.15) is 0 Å². The first-order chi connectivity index (χ1) is 12.3. The minimum atomic E-state index is -3.66. The summed E-state index contributed by atoms with van der Waals surface area (Å²) < 4.78 is 34.5. The molecule has 3 rings (SSSR count). The number of carbonyl (C=O) groups excluding carboxylic acids is 1. The Morgan fingerprint density at radius 3 is 2.73 bits per heavy atom. The lowest BCUT2D eigenvalue weighted by molar-refractivity contribution is 0.0516. The summed E-state index contributed by atoms with van der Waals surface area (Å²) in [6.07, 6.45) is 0.502. The molecule has 0 unspecified atom stereocenters. The zero-order valence-corrected chi connectivity index (χ0v) is 16.3. The molecule has 2 heterocycles. The molecule has 0 saturated carbocycles. The monoisotopic (exact) mass is 377 g/mol. The molecule has 0 radical (unpaired) electrons. The largest absolute Gasteiger partial charge is 0.461 e. The summed E-state index contributed by atoms with van der Waals surface area (Å²) in [5, 5.41) is 4.25. The number of sulfonamides is 1. The van der Waals surface area contributed by atoms with Crippen LogP contribution in [0.3, 0.4) is 0 Å². The number of hydrogen-bond acceptors (Lipinski definition) is 5. The number of fused-ring (bicyclic) bond motifs is 1. The normalized spacial score (nSPS) is 14.9. The molecule has 0 saturated heterocycles. The van der Waals surface area contributed by atoms with Crippen molar-refractivity contribution in [1.29, 1.82) is 0 Å². The van der Waals surface area contributed by atoms with Crippen molar-refractivity contribution in [2.24, 2.45) is 7.05 Å². The first-order valence-electron chi connectivity index (χ1n) is 8.55. The van der Waals surface area contributed by atoms with Crippen molar-refractivity contribution in [3.05, 3.63) is 46.3 Å². The van der Waals surface area contributed by atoms with E-state index in [4.69, 9.17) is 4.74 Å². The third-order valence-electron chi connectivity index (χ3n) is 4.64. The van der Waals surface area contributed by atoms with Crippen molar-refractivity contribution in [1.82, 2.24) is 14.1 Å². The van der Waals surface area contributed by atoms with Gasteiger partial charge in [-0.1, -0.05) is 12.1 Å². The Kier molecular flexibility index (Phi) is 4.90. The number of benzene rings is 1. The smallest absolute Gasteiger partial charge is 0.359 e. The van der Waals surface area contributed by atoms with Crippen LogP contribution >= 0.6 is 0 Å². The number of hydrogen-bond donors (Lipinski definition) is 0. The van der Waals surface area contributed by atoms with Crippen LogP contribution in [0, 0.1) is 13.8 Å². The van der Waals surface area contributed by atoms with Crippen LogP contribution in [0.2, 0.25) is 0 Å². The van der Waals surface area contributed by atoms with Crippen LogP contribution in [-0.2, 0) is 34.8 Å². The third kappa shape index (κ3) is 3.14. The second-order valence-corrected chi connectivity index (χ2v) is 8.38. The quantitative estimate of drug-likeness (QED) is 0.761. The van der Waals surface area contributed by atoms with E-state index in [1.54, 1.807) is 31.6 Å². The van der Waals surface area contributed by atoms with E-state index in [0.29, 0.717) is 29.0 Å². The zero-order valence-electron chi connectivity index (χ0n) is 15.4. The van der Waals surface area contributed by atoms with Gasteiger partial charge in [-0.15, -0.1) is 0 Å². The zero-order chi connectivity index (χ0) is 19.1. The molecule has 140 valence electrons. The van der Waals surface area contributed by atoms with Gasteiger partial charge in [0.05, 0.1) is 11.5 Å². The molecule has 0 fully saturated rings. The van der Waals surface area contributed by atoms with Crippen molar-refractivity contribution in [2.75, 3.05) is 13.2 Å². The Morgan fingerprint density at radius 2 is 2.04 bits per heavy atom. The van der Waals surface area contributed by atoms with E-state index in [9.17, 15) is 13.2 Å². The fraction of sp³-hybridized carbons (Fsp3) is 0.444. The highest BCUT2D eigenvalue weighted by Crippen LogP contribution is 2.29. The second kappa shape index (κ2) is 6.85. The predicted octanol–water partition coefficient (Wildman–Crippen LogP) is 1.96. The minimum Gasteiger partial charge on any atom is -0.461 e. The first-order valence-corrected chi connectivity index (χ1v) is 9.99. The molecule has 1 aromatic carbocycles. The van der Waals surface area contributed by atoms with E-state index in [1.165, 1.54) is 4.31 Å². The summed E-state index contributed by atoms with van der Waals surface area (Å²) in [4.78, 5) is 12.5. The molecule has 0 atom stereocenters. The number of rotatable bonds is 4. The molecule has 0 spiro atoms. The Balaban J connectivity index is 2.00. The Morgan fingerprint density at radius 1 is 1.31 bits per heavy atom. The van der Waals surface area contributed by atoms with Crippen molar-refractivity contribution in [3.63, 3.8) is 0 Å². The van der Waals surface area contributed by atoms with Gasteiger partial charge < -0.3 is 4.74 Å². The fourth-order valence-electron chi connectivity index (χ4n) is 3.26. The van der Waals surface area contributed by atoms with Crippen LogP contribution in [-0.4, -0.2) is 41.6 Å². The van der Waals surface area contributed by atoms with Gasteiger partial charge in [0.2, 0.25) is 10.0 Å². The lowest BCUT2D eigenvalue weighted by atomic mass is 10.1. The number of nitrogens with zero attached hydrogens (tertiary/aromatic N) is 3. The molecule has 2 aromatic rings. The van der Waals surface area contributed by atoms with Crippen LogP contribution in [0.25, 0.3) is 0 Å². The summed E-state index contributed by atoms with van der Waals surface area (Å²) in [7, 11) is -1.90. The lowest BCUT2D eigenvalue weighted by Crippen LogP contribution is -2.37. The molecule has 0 amide bonds. The van der Waals surface area contributed by atoms with Crippen molar-refractivity contribution in [3.8, 4) is 0 Å². The van der Waals surface area contributed by atoms with Crippen LogP contribution in [0.5, 0.6) is 0 Å². The average molecular weight is 377 g/mol. The summed E-state index contributed by atoms with van der Waals surface area (Å²) >= 11 is 0. The topological polar surface area (TPSA) is 81.5 Å². The Labute approximate surface area is 153 Å². The van der Waals surface area contributed by atoms with E-state index in [2.05, 4.69) is 5.10 Å². The van der Waals surface area contributed by atoms with Gasteiger partial charge >= 0.3 is 5.97 Å². The third-order valence-corrected chi connectivity index (χ3v) is 6.62. The van der Waals surface area contributed by atoms with Gasteiger partial charge in [0.15, 0.2) is 5.69 Å². The van der Waals surface area contributed by atoms with E-state index in [-0.39, 0.29) is 18.8 Å². The number of aromatic nitrogens is 2. The van der Waals surface area contributed by atoms with E-state index < -0.39 is 16.0 Å². The molecular weight excluding hydrogens is 354 g/mol. The molecule has 0 bridgehead atoms. The maximum atomic E-state index is 13.2.